The van der Waals surface area contributed by atoms with Crippen LogP contribution in [0.3, 0.4) is 0 Å². The molecule has 176 valence electrons. The van der Waals surface area contributed by atoms with Crippen molar-refractivity contribution in [3.05, 3.63) is 59.2 Å². The summed E-state index contributed by atoms with van der Waals surface area (Å²) in [5.74, 6) is 1.61. The number of benzene rings is 2. The van der Waals surface area contributed by atoms with Crippen LogP contribution in [0.15, 0.2) is 42.5 Å². The molecule has 0 radical (unpaired) electrons. The molecule has 2 heterocycles. The Morgan fingerprint density at radius 2 is 1.91 bits per heavy atom. The Balaban J connectivity index is 1.71. The van der Waals surface area contributed by atoms with Gasteiger partial charge in [0.25, 0.3) is 0 Å². The van der Waals surface area contributed by atoms with Crippen LogP contribution in [-0.4, -0.2) is 31.3 Å². The van der Waals surface area contributed by atoms with Gasteiger partial charge in [-0.25, -0.2) is 0 Å². The van der Waals surface area contributed by atoms with Crippen LogP contribution in [0.4, 0.5) is 5.69 Å². The second-order valence-corrected chi connectivity index (χ2v) is 9.54. The van der Waals surface area contributed by atoms with Crippen molar-refractivity contribution in [2.45, 2.75) is 65.0 Å². The third-order valence-corrected chi connectivity index (χ3v) is 6.93. The minimum absolute atomic E-state index is 0.0863. The van der Waals surface area contributed by atoms with Crippen LogP contribution in [0.1, 0.15) is 63.6 Å². The monoisotopic (exact) mass is 448 g/mol. The zero-order valence-corrected chi connectivity index (χ0v) is 20.5. The number of hydrogen-bond donors (Lipinski definition) is 1. The Kier molecular flexibility index (Phi) is 6.42. The molecule has 2 aliphatic rings. The van der Waals surface area contributed by atoms with E-state index in [1.54, 1.807) is 0 Å². The van der Waals surface area contributed by atoms with Gasteiger partial charge in [0.05, 0.1) is 13.2 Å². The molecular weight excluding hydrogens is 412 g/mol. The van der Waals surface area contributed by atoms with Gasteiger partial charge < -0.3 is 19.7 Å². The van der Waals surface area contributed by atoms with Gasteiger partial charge in [0.1, 0.15) is 5.66 Å². The number of nitrogens with zero attached hydrogens (tertiary/aromatic N) is 1. The highest BCUT2D eigenvalue weighted by Gasteiger charge is 2.57. The Morgan fingerprint density at radius 3 is 2.67 bits per heavy atom. The first-order valence-corrected chi connectivity index (χ1v) is 12.1. The second-order valence-electron chi connectivity index (χ2n) is 9.54. The molecule has 33 heavy (non-hydrogen) atoms. The highest BCUT2D eigenvalue weighted by atomic mass is 16.5. The maximum Gasteiger partial charge on any atom is 0.223 e. The maximum absolute atomic E-state index is 12.6. The van der Waals surface area contributed by atoms with Gasteiger partial charge in [-0.05, 0) is 55.7 Å². The van der Waals surface area contributed by atoms with Crippen molar-refractivity contribution in [3.8, 4) is 11.5 Å². The van der Waals surface area contributed by atoms with Gasteiger partial charge in [-0.1, -0.05) is 57.0 Å². The van der Waals surface area contributed by atoms with Gasteiger partial charge >= 0.3 is 0 Å². The zero-order valence-electron chi connectivity index (χ0n) is 20.5. The van der Waals surface area contributed by atoms with Gasteiger partial charge in [0.2, 0.25) is 5.91 Å². The molecule has 2 aromatic carbocycles. The molecule has 2 aromatic rings. The third-order valence-electron chi connectivity index (χ3n) is 6.93. The Bertz CT molecular complexity index is 1060. The fraction of sp³-hybridized carbons (Fsp3) is 0.464. The minimum atomic E-state index is -0.624. The molecule has 0 bridgehead atoms. The molecule has 0 aliphatic carbocycles. The smallest absolute Gasteiger partial charge is 0.223 e. The normalized spacial score (nSPS) is 21.0. The predicted molar refractivity (Wildman–Crippen MR) is 134 cm³/mol. The highest BCUT2D eigenvalue weighted by molar-refractivity contribution is 5.84. The summed E-state index contributed by atoms with van der Waals surface area (Å²) in [6, 6.07) is 12.6. The SMILES string of the molecule is CCCCOc1ccc(/C=C/[C@]23NC(=O)CCN2c2ccc(C)cc2C3(C)C)cc1OCC. The van der Waals surface area contributed by atoms with Gasteiger partial charge in [0, 0.05) is 24.1 Å². The summed E-state index contributed by atoms with van der Waals surface area (Å²) < 4.78 is 11.8. The predicted octanol–water partition coefficient (Wildman–Crippen LogP) is 5.60. The summed E-state index contributed by atoms with van der Waals surface area (Å²) in [6.07, 6.45) is 6.85. The number of unbranched alkanes of at least 4 members (excludes halogenated alkanes) is 1. The van der Waals surface area contributed by atoms with Gasteiger partial charge in [0.15, 0.2) is 11.5 Å². The standard InChI is InChI=1S/C28H36N2O3/c1-6-8-17-33-24-12-10-21(19-25(24)32-7-2)13-15-28-27(4,5)22-18-20(3)9-11-23(22)30(28)16-14-26(31)29-28/h9-13,15,18-19H,6-8,14,16-17H2,1-5H3,(H,29,31)/b15-13+/t28-/m0/s1. The van der Waals surface area contributed by atoms with Crippen LogP contribution >= 0.6 is 0 Å². The van der Waals surface area contributed by atoms with E-state index in [4.69, 9.17) is 9.47 Å². The van der Waals surface area contributed by atoms with Crippen LogP contribution in [0, 0.1) is 6.92 Å². The third kappa shape index (κ3) is 4.09. The number of carbonyl (C=O) groups excluding carboxylic acids is 1. The minimum Gasteiger partial charge on any atom is -0.490 e. The molecule has 5 nitrogen and oxygen atoms in total. The highest BCUT2D eigenvalue weighted by Crippen LogP contribution is 2.52. The largest absolute Gasteiger partial charge is 0.490 e. The van der Waals surface area contributed by atoms with E-state index in [1.807, 2.05) is 25.1 Å². The molecule has 0 aromatic heterocycles. The van der Waals surface area contributed by atoms with Crippen molar-refractivity contribution in [1.82, 2.24) is 5.32 Å². The Labute approximate surface area is 197 Å². The lowest BCUT2D eigenvalue weighted by Crippen LogP contribution is -2.68. The number of nitrogens with one attached hydrogen (secondary N) is 1. The molecule has 0 unspecified atom stereocenters. The number of anilines is 1. The molecule has 1 saturated heterocycles. The van der Waals surface area contributed by atoms with E-state index in [2.05, 4.69) is 68.3 Å². The molecule has 1 atom stereocenters. The van der Waals surface area contributed by atoms with Crippen molar-refractivity contribution >= 4 is 17.7 Å². The summed E-state index contributed by atoms with van der Waals surface area (Å²) in [5, 5.41) is 3.35. The quantitative estimate of drug-likeness (QED) is 0.534. The lowest BCUT2D eigenvalue weighted by molar-refractivity contribution is -0.124. The molecule has 5 heteroatoms. The summed E-state index contributed by atoms with van der Waals surface area (Å²) in [5.41, 5.74) is 3.78. The van der Waals surface area contributed by atoms with Gasteiger partial charge in [-0.15, -0.1) is 0 Å². The molecule has 1 fully saturated rings. The molecule has 1 N–H and O–H groups in total. The average Bonchev–Trinajstić information content (AvgIpc) is 2.97. The fourth-order valence-corrected chi connectivity index (χ4v) is 5.03. The zero-order chi connectivity index (χ0) is 23.6. The lowest BCUT2D eigenvalue weighted by atomic mass is 9.74. The number of ether oxygens (including phenoxy) is 2. The van der Waals surface area contributed by atoms with Crippen LogP contribution in [0.5, 0.6) is 11.5 Å². The summed E-state index contributed by atoms with van der Waals surface area (Å²) >= 11 is 0. The van der Waals surface area contributed by atoms with Crippen LogP contribution in [0.25, 0.3) is 6.08 Å². The molecule has 0 saturated carbocycles. The van der Waals surface area contributed by atoms with E-state index >= 15 is 0 Å². The first-order valence-electron chi connectivity index (χ1n) is 12.1. The van der Waals surface area contributed by atoms with Crippen LogP contribution in [-0.2, 0) is 10.2 Å². The van der Waals surface area contributed by atoms with Crippen molar-refractivity contribution < 1.29 is 14.3 Å². The number of aryl methyl sites for hydroxylation is 1. The van der Waals surface area contributed by atoms with E-state index in [9.17, 15) is 4.79 Å². The molecule has 1 amide bonds. The Morgan fingerprint density at radius 1 is 1.09 bits per heavy atom. The van der Waals surface area contributed by atoms with E-state index in [0.29, 0.717) is 26.2 Å². The second kappa shape index (κ2) is 9.12. The van der Waals surface area contributed by atoms with Crippen molar-refractivity contribution in [1.29, 1.82) is 0 Å². The summed E-state index contributed by atoms with van der Waals surface area (Å²) in [7, 11) is 0. The van der Waals surface area contributed by atoms with Crippen molar-refractivity contribution in [2.75, 3.05) is 24.7 Å². The van der Waals surface area contributed by atoms with Crippen molar-refractivity contribution in [2.24, 2.45) is 0 Å². The van der Waals surface area contributed by atoms with Crippen LogP contribution < -0.4 is 19.7 Å². The van der Waals surface area contributed by atoms with Crippen molar-refractivity contribution in [3.63, 3.8) is 0 Å². The van der Waals surface area contributed by atoms with Gasteiger partial charge in [-0.2, -0.15) is 0 Å². The van der Waals surface area contributed by atoms with E-state index < -0.39 is 5.66 Å². The molecule has 0 spiro atoms. The number of rotatable bonds is 8. The summed E-state index contributed by atoms with van der Waals surface area (Å²) in [4.78, 5) is 15.0. The average molecular weight is 449 g/mol. The number of amides is 1. The molecule has 2 aliphatic heterocycles. The molecule has 4 rings (SSSR count). The topological polar surface area (TPSA) is 50.8 Å². The Hall–Kier alpha value is -2.95. The first kappa shape index (κ1) is 23.2. The fourth-order valence-electron chi connectivity index (χ4n) is 5.03. The van der Waals surface area contributed by atoms with E-state index in [1.165, 1.54) is 16.8 Å². The van der Waals surface area contributed by atoms with E-state index in [0.717, 1.165) is 29.9 Å². The molecular formula is C28H36N2O3. The number of fused-ring (bicyclic) bond motifs is 3. The lowest BCUT2D eigenvalue weighted by Gasteiger charge is -2.49. The first-order chi connectivity index (χ1) is 15.8. The maximum atomic E-state index is 12.6. The van der Waals surface area contributed by atoms with E-state index in [-0.39, 0.29) is 11.3 Å². The van der Waals surface area contributed by atoms with Gasteiger partial charge in [-0.3, -0.25) is 4.79 Å². The summed E-state index contributed by atoms with van der Waals surface area (Å²) in [6.45, 7) is 12.6. The van der Waals surface area contributed by atoms with Crippen LogP contribution in [0.2, 0.25) is 0 Å². The number of hydrogen-bond acceptors (Lipinski definition) is 4. The number of carbonyl (C=O) groups is 1.